The van der Waals surface area contributed by atoms with E-state index in [-0.39, 0.29) is 16.4 Å². The number of benzene rings is 2. The summed E-state index contributed by atoms with van der Waals surface area (Å²) >= 11 is 0. The van der Waals surface area contributed by atoms with Gasteiger partial charge in [0.25, 0.3) is 0 Å². The van der Waals surface area contributed by atoms with E-state index in [4.69, 9.17) is 10.9 Å². The third-order valence-electron chi connectivity index (χ3n) is 3.92. The largest absolute Gasteiger partial charge is 0.382 e. The fourth-order valence-electron chi connectivity index (χ4n) is 2.44. The van der Waals surface area contributed by atoms with Crippen LogP contribution in [0.3, 0.4) is 0 Å². The van der Waals surface area contributed by atoms with Crippen LogP contribution >= 0.6 is 0 Å². The van der Waals surface area contributed by atoms with Crippen LogP contribution in [-0.4, -0.2) is 23.5 Å². The van der Waals surface area contributed by atoms with Gasteiger partial charge in [-0.15, -0.1) is 0 Å². The number of hydrogen-bond donors (Lipinski definition) is 4. The second-order valence-corrected chi connectivity index (χ2v) is 7.57. The topological polar surface area (TPSA) is 144 Å². The van der Waals surface area contributed by atoms with Gasteiger partial charge in [0, 0.05) is 11.3 Å². The van der Waals surface area contributed by atoms with Crippen LogP contribution in [0.2, 0.25) is 0 Å². The maximum absolute atomic E-state index is 11.3. The van der Waals surface area contributed by atoms with E-state index in [1.54, 1.807) is 0 Å². The van der Waals surface area contributed by atoms with Gasteiger partial charge in [-0.25, -0.2) is 23.5 Å². The molecule has 0 bridgehead atoms. The summed E-state index contributed by atoms with van der Waals surface area (Å²) in [6.07, 6.45) is 0.306. The molecule has 8 nitrogen and oxygen atoms in total. The standard InChI is InChI=1S/C18H19N5O3S/c1-11-2-4-12(5-3-11)15-10-21-17(19)16(23-15)18(24)22-13-6-8-14(9-7-13)27(20,25)26/h2-10,18,22,24H,1H3,(H2,19,21)(H2,20,25,26). The third-order valence-corrected chi connectivity index (χ3v) is 4.85. The maximum Gasteiger partial charge on any atom is 0.238 e. The van der Waals surface area contributed by atoms with Crippen molar-refractivity contribution in [1.82, 2.24) is 9.97 Å². The molecule has 0 saturated heterocycles. The van der Waals surface area contributed by atoms with Gasteiger partial charge in [-0.1, -0.05) is 29.8 Å². The fourth-order valence-corrected chi connectivity index (χ4v) is 2.96. The highest BCUT2D eigenvalue weighted by molar-refractivity contribution is 7.89. The summed E-state index contributed by atoms with van der Waals surface area (Å²) in [6.45, 7) is 1.98. The van der Waals surface area contributed by atoms with Crippen molar-refractivity contribution in [2.24, 2.45) is 5.14 Å². The van der Waals surface area contributed by atoms with Crippen LogP contribution in [0.25, 0.3) is 11.3 Å². The van der Waals surface area contributed by atoms with Crippen LogP contribution in [0.4, 0.5) is 11.5 Å². The molecule has 1 heterocycles. The predicted molar refractivity (Wildman–Crippen MR) is 103 cm³/mol. The highest BCUT2D eigenvalue weighted by Gasteiger charge is 2.16. The minimum absolute atomic E-state index is 0.0248. The molecule has 0 spiro atoms. The first-order valence-electron chi connectivity index (χ1n) is 8.01. The highest BCUT2D eigenvalue weighted by Crippen LogP contribution is 2.24. The lowest BCUT2D eigenvalue weighted by molar-refractivity contribution is 0.204. The molecule has 0 radical (unpaired) electrons. The van der Waals surface area contributed by atoms with Crippen molar-refractivity contribution in [1.29, 1.82) is 0 Å². The number of nitrogen functional groups attached to an aromatic ring is 1. The Morgan fingerprint density at radius 1 is 1.07 bits per heavy atom. The molecule has 9 heteroatoms. The van der Waals surface area contributed by atoms with E-state index in [9.17, 15) is 13.5 Å². The number of anilines is 2. The SMILES string of the molecule is Cc1ccc(-c2cnc(N)c(C(O)Nc3ccc(S(N)(=O)=O)cc3)n2)cc1. The molecule has 3 aromatic rings. The lowest BCUT2D eigenvalue weighted by Gasteiger charge is -2.16. The molecule has 1 unspecified atom stereocenters. The number of aromatic nitrogens is 2. The Kier molecular flexibility index (Phi) is 5.08. The van der Waals surface area contributed by atoms with Crippen LogP contribution in [0.1, 0.15) is 17.5 Å². The van der Waals surface area contributed by atoms with Crippen LogP contribution in [0.5, 0.6) is 0 Å². The number of nitrogens with zero attached hydrogens (tertiary/aromatic N) is 2. The first-order chi connectivity index (χ1) is 12.7. The van der Waals surface area contributed by atoms with Crippen LogP contribution in [0, 0.1) is 6.92 Å². The quantitative estimate of drug-likeness (QED) is 0.490. The monoisotopic (exact) mass is 385 g/mol. The van der Waals surface area contributed by atoms with E-state index in [1.807, 2.05) is 31.2 Å². The summed E-state index contributed by atoms with van der Waals surface area (Å²) in [4.78, 5) is 8.49. The van der Waals surface area contributed by atoms with Gasteiger partial charge in [-0.05, 0) is 31.2 Å². The van der Waals surface area contributed by atoms with Gasteiger partial charge in [0.05, 0.1) is 16.8 Å². The average Bonchev–Trinajstić information content (AvgIpc) is 2.62. The Hall–Kier alpha value is -3.01. The molecule has 0 amide bonds. The van der Waals surface area contributed by atoms with Crippen molar-refractivity contribution in [2.75, 3.05) is 11.1 Å². The molecule has 1 aromatic heterocycles. The van der Waals surface area contributed by atoms with E-state index >= 15 is 0 Å². The zero-order chi connectivity index (χ0) is 19.6. The Morgan fingerprint density at radius 2 is 1.70 bits per heavy atom. The number of hydrogen-bond acceptors (Lipinski definition) is 7. The zero-order valence-electron chi connectivity index (χ0n) is 14.5. The van der Waals surface area contributed by atoms with Crippen molar-refractivity contribution in [3.05, 3.63) is 66.0 Å². The molecule has 0 aliphatic carbocycles. The van der Waals surface area contributed by atoms with E-state index < -0.39 is 16.3 Å². The fraction of sp³-hybridized carbons (Fsp3) is 0.111. The molecule has 0 fully saturated rings. The summed E-state index contributed by atoms with van der Waals surface area (Å²) in [5.41, 5.74) is 9.03. The molecule has 1 atom stereocenters. The molecular formula is C18H19N5O3S. The van der Waals surface area contributed by atoms with Crippen LogP contribution in [-0.2, 0) is 10.0 Å². The Balaban J connectivity index is 1.85. The van der Waals surface area contributed by atoms with Gasteiger partial charge < -0.3 is 16.2 Å². The van der Waals surface area contributed by atoms with E-state index in [0.717, 1.165) is 11.1 Å². The number of nitrogens with one attached hydrogen (secondary N) is 1. The Labute approximate surface area is 156 Å². The molecule has 2 aromatic carbocycles. The molecular weight excluding hydrogens is 366 g/mol. The van der Waals surface area contributed by atoms with Gasteiger partial charge in [0.15, 0.2) is 6.23 Å². The summed E-state index contributed by atoms with van der Waals surface area (Å²) < 4.78 is 22.6. The van der Waals surface area contributed by atoms with Gasteiger partial charge in [-0.3, -0.25) is 0 Å². The first kappa shape index (κ1) is 18.8. The Morgan fingerprint density at radius 3 is 2.30 bits per heavy atom. The molecule has 0 aliphatic rings. The molecule has 0 saturated carbocycles. The third kappa shape index (κ3) is 4.40. The summed E-state index contributed by atoms with van der Waals surface area (Å²) in [5, 5.41) is 18.3. The van der Waals surface area contributed by atoms with Crippen molar-refractivity contribution in [3.8, 4) is 11.3 Å². The first-order valence-corrected chi connectivity index (χ1v) is 9.55. The molecule has 6 N–H and O–H groups in total. The van der Waals surface area contributed by atoms with Crippen molar-refractivity contribution in [2.45, 2.75) is 18.0 Å². The number of rotatable bonds is 5. The van der Waals surface area contributed by atoms with Gasteiger partial charge >= 0.3 is 0 Å². The summed E-state index contributed by atoms with van der Waals surface area (Å²) in [7, 11) is -3.78. The summed E-state index contributed by atoms with van der Waals surface area (Å²) in [6, 6.07) is 13.4. The number of aryl methyl sites for hydroxylation is 1. The minimum atomic E-state index is -3.78. The molecule has 27 heavy (non-hydrogen) atoms. The number of nitrogens with two attached hydrogens (primary N) is 2. The van der Waals surface area contributed by atoms with Crippen molar-refractivity contribution >= 4 is 21.5 Å². The van der Waals surface area contributed by atoms with Crippen molar-refractivity contribution in [3.63, 3.8) is 0 Å². The maximum atomic E-state index is 11.3. The number of aliphatic hydroxyl groups is 1. The molecule has 3 rings (SSSR count). The lowest BCUT2D eigenvalue weighted by Crippen LogP contribution is -2.16. The second kappa shape index (κ2) is 7.31. The number of aliphatic hydroxyl groups excluding tert-OH is 1. The number of primary sulfonamides is 1. The Bertz CT molecular complexity index is 1050. The van der Waals surface area contributed by atoms with Crippen LogP contribution in [0.15, 0.2) is 59.6 Å². The van der Waals surface area contributed by atoms with E-state index in [2.05, 4.69) is 15.3 Å². The van der Waals surface area contributed by atoms with Gasteiger partial charge in [0.1, 0.15) is 11.5 Å². The normalized spacial score (nSPS) is 12.6. The van der Waals surface area contributed by atoms with E-state index in [1.165, 1.54) is 30.5 Å². The van der Waals surface area contributed by atoms with Crippen molar-refractivity contribution < 1.29 is 13.5 Å². The lowest BCUT2D eigenvalue weighted by atomic mass is 10.1. The molecule has 0 aliphatic heterocycles. The minimum Gasteiger partial charge on any atom is -0.382 e. The smallest absolute Gasteiger partial charge is 0.238 e. The van der Waals surface area contributed by atoms with Gasteiger partial charge in [0.2, 0.25) is 10.0 Å². The van der Waals surface area contributed by atoms with Gasteiger partial charge in [-0.2, -0.15) is 0 Å². The second-order valence-electron chi connectivity index (χ2n) is 6.01. The number of sulfonamides is 1. The van der Waals surface area contributed by atoms with E-state index in [0.29, 0.717) is 11.4 Å². The summed E-state index contributed by atoms with van der Waals surface area (Å²) in [5.74, 6) is 0.0898. The predicted octanol–water partition coefficient (Wildman–Crippen LogP) is 1.78. The van der Waals surface area contributed by atoms with Crippen LogP contribution < -0.4 is 16.2 Å². The zero-order valence-corrected chi connectivity index (χ0v) is 15.3. The average molecular weight is 385 g/mol. The highest BCUT2D eigenvalue weighted by atomic mass is 32.2. The molecule has 140 valence electrons.